The van der Waals surface area contributed by atoms with Gasteiger partial charge in [-0.05, 0) is 13.8 Å². The molecule has 1 aliphatic heterocycles. The molecule has 0 aliphatic carbocycles. The number of morpholine rings is 1. The Balaban J connectivity index is 2.30. The molecule has 0 bridgehead atoms. The summed E-state index contributed by atoms with van der Waals surface area (Å²) >= 11 is 0. The zero-order chi connectivity index (χ0) is 8.27. The van der Waals surface area contributed by atoms with Gasteiger partial charge in [0.1, 0.15) is 0 Å². The average molecular weight is 158 g/mol. The number of hydrogen-bond acceptors (Lipinski definition) is 2. The summed E-state index contributed by atoms with van der Waals surface area (Å²) in [4.78, 5) is 2.17. The van der Waals surface area contributed by atoms with Gasteiger partial charge in [-0.25, -0.2) is 5.11 Å². The lowest BCUT2D eigenvalue weighted by Crippen LogP contribution is -2.46. The van der Waals surface area contributed by atoms with Gasteiger partial charge in [-0.15, -0.1) is 0 Å². The third-order valence-electron chi connectivity index (χ3n) is 1.90. The van der Waals surface area contributed by atoms with Crippen LogP contribution < -0.4 is 0 Å². The quantitative estimate of drug-likeness (QED) is 0.587. The lowest BCUT2D eigenvalue weighted by molar-refractivity contribution is -0.0724. The van der Waals surface area contributed by atoms with Crippen LogP contribution in [-0.2, 0) is 9.84 Å². The van der Waals surface area contributed by atoms with Crippen LogP contribution in [0.2, 0.25) is 0 Å². The van der Waals surface area contributed by atoms with Crippen molar-refractivity contribution >= 4 is 0 Å². The van der Waals surface area contributed by atoms with Crippen LogP contribution in [0.15, 0.2) is 0 Å². The second kappa shape index (κ2) is 4.04. The first-order valence-electron chi connectivity index (χ1n) is 4.18. The highest BCUT2D eigenvalue weighted by atomic mass is 16.5. The van der Waals surface area contributed by atoms with Gasteiger partial charge in [0, 0.05) is 19.6 Å². The summed E-state index contributed by atoms with van der Waals surface area (Å²) in [6, 6.07) is 0. The Morgan fingerprint density at radius 2 is 1.91 bits per heavy atom. The molecule has 2 atom stereocenters. The molecule has 0 saturated carbocycles. The SMILES string of the molecule is CC1CN(CC[O])CC(C)O1. The Kier molecular flexibility index (Phi) is 3.30. The summed E-state index contributed by atoms with van der Waals surface area (Å²) in [5.41, 5.74) is 0. The van der Waals surface area contributed by atoms with E-state index in [4.69, 9.17) is 4.74 Å². The Labute approximate surface area is 68.0 Å². The number of rotatable bonds is 2. The van der Waals surface area contributed by atoms with Crippen LogP contribution >= 0.6 is 0 Å². The van der Waals surface area contributed by atoms with E-state index in [-0.39, 0.29) is 18.8 Å². The highest BCUT2D eigenvalue weighted by molar-refractivity contribution is 4.72. The fraction of sp³-hybridized carbons (Fsp3) is 1.00. The van der Waals surface area contributed by atoms with Gasteiger partial charge in [0.15, 0.2) is 0 Å². The largest absolute Gasteiger partial charge is 0.373 e. The predicted octanol–water partition coefficient (Wildman–Crippen LogP) is 0.526. The van der Waals surface area contributed by atoms with Gasteiger partial charge < -0.3 is 4.74 Å². The van der Waals surface area contributed by atoms with Crippen LogP contribution in [0.3, 0.4) is 0 Å². The summed E-state index contributed by atoms with van der Waals surface area (Å²) in [6.45, 7) is 6.58. The van der Waals surface area contributed by atoms with Crippen molar-refractivity contribution in [3.8, 4) is 0 Å². The molecular formula is C8H16NO2. The molecule has 2 unspecified atom stereocenters. The molecule has 0 aromatic carbocycles. The van der Waals surface area contributed by atoms with Crippen LogP contribution in [0.25, 0.3) is 0 Å². The van der Waals surface area contributed by atoms with Crippen molar-refractivity contribution in [2.45, 2.75) is 26.1 Å². The Bertz CT molecular complexity index is 109. The average Bonchev–Trinajstić information content (AvgIpc) is 1.85. The lowest BCUT2D eigenvalue weighted by atomic mass is 10.2. The Hall–Kier alpha value is -0.120. The topological polar surface area (TPSA) is 32.4 Å². The van der Waals surface area contributed by atoms with Gasteiger partial charge in [0.25, 0.3) is 0 Å². The van der Waals surface area contributed by atoms with Crippen molar-refractivity contribution in [2.24, 2.45) is 0 Å². The highest BCUT2D eigenvalue weighted by Crippen LogP contribution is 2.09. The molecule has 1 heterocycles. The molecule has 3 heteroatoms. The van der Waals surface area contributed by atoms with E-state index < -0.39 is 0 Å². The standard InChI is InChI=1S/C8H16NO2/c1-7-5-9(3-4-10)6-8(2)11-7/h7-8H,3-6H2,1-2H3. The molecular weight excluding hydrogens is 142 g/mol. The van der Waals surface area contributed by atoms with E-state index in [9.17, 15) is 5.11 Å². The van der Waals surface area contributed by atoms with Crippen LogP contribution in [-0.4, -0.2) is 43.3 Å². The van der Waals surface area contributed by atoms with Crippen molar-refractivity contribution < 1.29 is 9.84 Å². The van der Waals surface area contributed by atoms with E-state index in [0.717, 1.165) is 13.1 Å². The summed E-state index contributed by atoms with van der Waals surface area (Å²) in [7, 11) is 0. The maximum Gasteiger partial charge on any atom is 0.0949 e. The minimum Gasteiger partial charge on any atom is -0.373 e. The molecule has 1 fully saturated rings. The molecule has 0 amide bonds. The van der Waals surface area contributed by atoms with E-state index in [2.05, 4.69) is 4.90 Å². The predicted molar refractivity (Wildman–Crippen MR) is 42.0 cm³/mol. The van der Waals surface area contributed by atoms with E-state index in [1.165, 1.54) is 0 Å². The van der Waals surface area contributed by atoms with Gasteiger partial charge in [-0.1, -0.05) is 0 Å². The molecule has 1 aliphatic rings. The molecule has 3 nitrogen and oxygen atoms in total. The second-order valence-electron chi connectivity index (χ2n) is 3.22. The van der Waals surface area contributed by atoms with Crippen molar-refractivity contribution in [3.63, 3.8) is 0 Å². The first-order chi connectivity index (χ1) is 5.22. The minimum absolute atomic E-state index is 0.000556. The van der Waals surface area contributed by atoms with Crippen LogP contribution in [0, 0.1) is 0 Å². The Morgan fingerprint density at radius 3 is 2.36 bits per heavy atom. The van der Waals surface area contributed by atoms with Crippen LogP contribution in [0.5, 0.6) is 0 Å². The van der Waals surface area contributed by atoms with Gasteiger partial charge in [0.2, 0.25) is 0 Å². The molecule has 1 radical (unpaired) electrons. The maximum absolute atomic E-state index is 10.3. The third kappa shape index (κ3) is 2.77. The first kappa shape index (κ1) is 8.97. The monoisotopic (exact) mass is 158 g/mol. The number of nitrogens with zero attached hydrogens (tertiary/aromatic N) is 1. The van der Waals surface area contributed by atoms with Crippen LogP contribution in [0.1, 0.15) is 13.8 Å². The Morgan fingerprint density at radius 1 is 1.36 bits per heavy atom. The molecule has 0 spiro atoms. The normalized spacial score (nSPS) is 34.1. The summed E-state index contributed by atoms with van der Waals surface area (Å²) < 4.78 is 5.52. The number of ether oxygens (including phenoxy) is 1. The van der Waals surface area contributed by atoms with Gasteiger partial charge in [-0.3, -0.25) is 4.90 Å². The molecule has 1 rings (SSSR count). The van der Waals surface area contributed by atoms with Crippen molar-refractivity contribution in [2.75, 3.05) is 26.2 Å². The van der Waals surface area contributed by atoms with Crippen molar-refractivity contribution in [3.05, 3.63) is 0 Å². The minimum atomic E-state index is -0.000556. The third-order valence-corrected chi connectivity index (χ3v) is 1.90. The molecule has 0 aromatic rings. The van der Waals surface area contributed by atoms with Crippen molar-refractivity contribution in [1.29, 1.82) is 0 Å². The maximum atomic E-state index is 10.3. The zero-order valence-electron chi connectivity index (χ0n) is 7.25. The van der Waals surface area contributed by atoms with Gasteiger partial charge in [0.05, 0.1) is 18.8 Å². The zero-order valence-corrected chi connectivity index (χ0v) is 7.25. The van der Waals surface area contributed by atoms with E-state index in [0.29, 0.717) is 6.54 Å². The smallest absolute Gasteiger partial charge is 0.0949 e. The molecule has 11 heavy (non-hydrogen) atoms. The summed E-state index contributed by atoms with van der Waals surface area (Å²) in [6.07, 6.45) is 0.565. The summed E-state index contributed by atoms with van der Waals surface area (Å²) in [5.74, 6) is 0. The van der Waals surface area contributed by atoms with Crippen LogP contribution in [0.4, 0.5) is 0 Å². The summed E-state index contributed by atoms with van der Waals surface area (Å²) in [5, 5.41) is 10.3. The second-order valence-corrected chi connectivity index (χ2v) is 3.22. The number of hydrogen-bond donors (Lipinski definition) is 0. The van der Waals surface area contributed by atoms with Gasteiger partial charge >= 0.3 is 0 Å². The fourth-order valence-corrected chi connectivity index (χ4v) is 1.60. The first-order valence-corrected chi connectivity index (χ1v) is 4.18. The highest BCUT2D eigenvalue weighted by Gasteiger charge is 2.21. The van der Waals surface area contributed by atoms with E-state index in [1.807, 2.05) is 13.8 Å². The molecule has 0 N–H and O–H groups in total. The van der Waals surface area contributed by atoms with E-state index in [1.54, 1.807) is 0 Å². The van der Waals surface area contributed by atoms with Gasteiger partial charge in [-0.2, -0.15) is 0 Å². The molecule has 1 saturated heterocycles. The fourth-order valence-electron chi connectivity index (χ4n) is 1.60. The van der Waals surface area contributed by atoms with E-state index >= 15 is 0 Å². The molecule has 0 aromatic heterocycles. The molecule has 65 valence electrons. The van der Waals surface area contributed by atoms with Crippen molar-refractivity contribution in [1.82, 2.24) is 4.90 Å². The lowest BCUT2D eigenvalue weighted by Gasteiger charge is -2.34.